The Labute approximate surface area is 89.3 Å². The Morgan fingerprint density at radius 3 is 1.00 bits per heavy atom. The first-order chi connectivity index (χ1) is 3.71. The van der Waals surface area contributed by atoms with Crippen LogP contribution in [0.5, 0.6) is 0 Å². The van der Waals surface area contributed by atoms with Crippen molar-refractivity contribution in [2.24, 2.45) is 0 Å². The molecule has 0 aliphatic carbocycles. The quantitative estimate of drug-likeness (QED) is 0.359. The number of hydrogen-bond acceptors (Lipinski definition) is 3. The molecular weight excluding hydrogens is 387 g/mol. The Morgan fingerprint density at radius 1 is 0.818 bits per heavy atom. The molecule has 0 saturated heterocycles. The summed E-state index contributed by atoms with van der Waals surface area (Å²) >= 11 is 0. The zero-order valence-electron chi connectivity index (χ0n) is 4.54. The summed E-state index contributed by atoms with van der Waals surface area (Å²) < 4.78 is 22.2. The van der Waals surface area contributed by atoms with Crippen LogP contribution >= 0.6 is 15.6 Å². The molecule has 11 heteroatoms. The van der Waals surface area contributed by atoms with Crippen LogP contribution in [-0.2, 0) is 54.3 Å². The second-order valence-corrected chi connectivity index (χ2v) is 3.68. The molecule has 0 rings (SSSR count). The second kappa shape index (κ2) is 6.10. The van der Waals surface area contributed by atoms with E-state index in [4.69, 9.17) is 19.6 Å². The molecule has 0 heterocycles. The van der Waals surface area contributed by atoms with Crippen molar-refractivity contribution in [3.05, 3.63) is 0 Å². The number of rotatable bonds is 2. The van der Waals surface area contributed by atoms with Gasteiger partial charge in [-0.05, 0) is 0 Å². The van der Waals surface area contributed by atoms with Crippen LogP contribution in [0.15, 0.2) is 0 Å². The molecule has 0 spiro atoms. The fraction of sp³-hybridized carbons (Fsp3) is 0. The third kappa shape index (κ3) is 18.5. The minimum Gasteiger partial charge on any atom is -0.302 e. The van der Waals surface area contributed by atoms with Crippen LogP contribution in [-0.4, -0.2) is 19.6 Å². The zero-order chi connectivity index (χ0) is 7.71. The fourth-order valence-corrected chi connectivity index (χ4v) is 1.25. The van der Waals surface area contributed by atoms with Crippen LogP contribution in [0.3, 0.4) is 0 Å². The molecule has 7 nitrogen and oxygen atoms in total. The minimum atomic E-state index is -5.05. The van der Waals surface area contributed by atoms with E-state index in [2.05, 4.69) is 4.31 Å². The van der Waals surface area contributed by atoms with Gasteiger partial charge in [0.25, 0.3) is 0 Å². The van der Waals surface area contributed by atoms with E-state index in [1.54, 1.807) is 0 Å². The van der Waals surface area contributed by atoms with Crippen molar-refractivity contribution in [1.29, 1.82) is 0 Å². The summed E-state index contributed by atoms with van der Waals surface area (Å²) in [7, 11) is -10.1. The first kappa shape index (κ1) is 18.4. The van der Waals surface area contributed by atoms with Gasteiger partial charge in [-0.2, -0.15) is 4.31 Å². The van der Waals surface area contributed by atoms with Gasteiger partial charge in [-0.25, -0.2) is 9.13 Å². The molecule has 0 bridgehead atoms. The van der Waals surface area contributed by atoms with E-state index in [-0.39, 0.29) is 40.8 Å². The summed E-state index contributed by atoms with van der Waals surface area (Å²) in [5.41, 5.74) is 0. The molecule has 0 unspecified atom stereocenters. The van der Waals surface area contributed by atoms with E-state index in [0.29, 0.717) is 0 Å². The normalized spacial score (nSPS) is 11.3. The van der Waals surface area contributed by atoms with Crippen molar-refractivity contribution in [3.63, 3.8) is 0 Å². The maximum Gasteiger partial charge on any atom is 0.478 e. The van der Waals surface area contributed by atoms with Crippen molar-refractivity contribution in [2.75, 3.05) is 0 Å². The van der Waals surface area contributed by atoms with Crippen molar-refractivity contribution in [2.45, 2.75) is 0 Å². The van der Waals surface area contributed by atoms with E-state index in [1.165, 1.54) is 0 Å². The molecule has 76 valence electrons. The van der Waals surface area contributed by atoms with Crippen LogP contribution in [0.25, 0.3) is 0 Å². The van der Waals surface area contributed by atoms with E-state index in [0.717, 1.165) is 0 Å². The van der Waals surface area contributed by atoms with Crippen LogP contribution in [0.2, 0.25) is 0 Å². The van der Waals surface area contributed by atoms with Crippen molar-refractivity contribution < 1.29 is 73.9 Å². The van der Waals surface area contributed by atoms with Gasteiger partial charge in [-0.15, -0.1) is 0 Å². The summed E-state index contributed by atoms with van der Waals surface area (Å²) in [6.07, 6.45) is 0. The molecule has 0 saturated carbocycles. The Hall–Kier alpha value is 1.58. The molecule has 11 heavy (non-hydrogen) atoms. The predicted molar refractivity (Wildman–Crippen MR) is 25.2 cm³/mol. The molecule has 0 aliphatic heterocycles. The van der Waals surface area contributed by atoms with Gasteiger partial charge in [-0.1, -0.05) is 0 Å². The molecule has 0 atom stereocenters. The monoisotopic (exact) mass is 390 g/mol. The molecule has 0 aliphatic rings. The average Bonchev–Trinajstić information content (AvgIpc) is 1.14. The van der Waals surface area contributed by atoms with Gasteiger partial charge in [0, 0.05) is 40.8 Å². The van der Waals surface area contributed by atoms with E-state index in [1.807, 2.05) is 0 Å². The molecule has 0 amide bonds. The zero-order valence-corrected chi connectivity index (χ0v) is 9.44. The first-order valence-corrected chi connectivity index (χ1v) is 4.59. The van der Waals surface area contributed by atoms with E-state index < -0.39 is 15.6 Å². The first-order valence-electron chi connectivity index (χ1n) is 1.53. The smallest absolute Gasteiger partial charge is 0.302 e. The van der Waals surface area contributed by atoms with Gasteiger partial charge in [0.15, 0.2) is 0 Å². The Kier molecular flexibility index (Phi) is 10.2. The molecule has 0 aromatic rings. The third-order valence-corrected chi connectivity index (χ3v) is 1.91. The van der Waals surface area contributed by atoms with Crippen LogP contribution in [0.4, 0.5) is 0 Å². The molecule has 0 aromatic carbocycles. The van der Waals surface area contributed by atoms with Crippen LogP contribution < -0.4 is 0 Å². The molecular formula is H4O7P2Pd2. The van der Waals surface area contributed by atoms with Gasteiger partial charge < -0.3 is 19.6 Å². The van der Waals surface area contributed by atoms with Crippen molar-refractivity contribution in [3.8, 4) is 0 Å². The summed E-state index contributed by atoms with van der Waals surface area (Å²) in [4.78, 5) is 31.0. The number of phosphoric acid groups is 2. The molecule has 4 N–H and O–H groups in total. The van der Waals surface area contributed by atoms with E-state index in [9.17, 15) is 9.13 Å². The van der Waals surface area contributed by atoms with Crippen molar-refractivity contribution >= 4 is 15.6 Å². The fourth-order valence-electron chi connectivity index (χ4n) is 0.139. The number of hydrogen-bond donors (Lipinski definition) is 4. The second-order valence-electron chi connectivity index (χ2n) is 1.06. The molecule has 0 radical (unpaired) electrons. The minimum absolute atomic E-state index is 0. The Morgan fingerprint density at radius 2 is 1.00 bits per heavy atom. The summed E-state index contributed by atoms with van der Waals surface area (Å²) in [5.74, 6) is 0. The van der Waals surface area contributed by atoms with Gasteiger partial charge in [0.2, 0.25) is 0 Å². The predicted octanol–water partition coefficient (Wildman–Crippen LogP) is -0.817. The third-order valence-electron chi connectivity index (χ3n) is 0.213. The van der Waals surface area contributed by atoms with Gasteiger partial charge in [0.1, 0.15) is 0 Å². The van der Waals surface area contributed by atoms with Gasteiger partial charge in [0.05, 0.1) is 0 Å². The maximum atomic E-state index is 9.63. The standard InChI is InChI=1S/H4O7P2.2Pd/c1-8(2,3)7-9(4,5)6;;/h(H2,1,2,3)(H2,4,5,6);;. The van der Waals surface area contributed by atoms with Crippen LogP contribution in [0, 0.1) is 0 Å². The summed E-state index contributed by atoms with van der Waals surface area (Å²) in [6, 6.07) is 0. The average molecular weight is 391 g/mol. The Bertz CT molecular complexity index is 155. The SMILES string of the molecule is O=P(O)(O)OP(=O)(O)O.[Pd].[Pd]. The summed E-state index contributed by atoms with van der Waals surface area (Å²) in [5, 5.41) is 0. The van der Waals surface area contributed by atoms with Gasteiger partial charge in [-0.3, -0.25) is 0 Å². The molecule has 0 aromatic heterocycles. The Balaban J connectivity index is -0.000000320. The van der Waals surface area contributed by atoms with Crippen LogP contribution in [0.1, 0.15) is 0 Å². The topological polar surface area (TPSA) is 124 Å². The summed E-state index contributed by atoms with van der Waals surface area (Å²) in [6.45, 7) is 0. The molecule has 0 fully saturated rings. The van der Waals surface area contributed by atoms with Gasteiger partial charge >= 0.3 is 15.6 Å². The maximum absolute atomic E-state index is 9.63. The van der Waals surface area contributed by atoms with E-state index >= 15 is 0 Å². The largest absolute Gasteiger partial charge is 0.478 e. The van der Waals surface area contributed by atoms with Crippen molar-refractivity contribution in [1.82, 2.24) is 0 Å².